The van der Waals surface area contributed by atoms with E-state index in [1.54, 1.807) is 26.0 Å². The number of aromatic nitrogens is 2. The third-order valence-corrected chi connectivity index (χ3v) is 9.35. The molecule has 1 N–H and O–H groups in total. The average molecular weight is 521 g/mol. The molecule has 1 aromatic heterocycles. The van der Waals surface area contributed by atoms with Crippen molar-refractivity contribution in [1.29, 1.82) is 0 Å². The Balaban J connectivity index is 1.73. The van der Waals surface area contributed by atoms with Gasteiger partial charge in [-0.2, -0.15) is 0 Å². The molecule has 0 unspecified atom stereocenters. The highest BCUT2D eigenvalue weighted by Gasteiger charge is 2.22. The fraction of sp³-hybridized carbons (Fsp3) is 0.348. The minimum atomic E-state index is -3.64. The van der Waals surface area contributed by atoms with Gasteiger partial charge in [0.05, 0.1) is 15.0 Å². The molecule has 1 amide bonds. The molecule has 0 radical (unpaired) electrons. The van der Waals surface area contributed by atoms with E-state index in [1.165, 1.54) is 47.8 Å². The van der Waals surface area contributed by atoms with Gasteiger partial charge in [-0.15, -0.1) is 5.10 Å². The summed E-state index contributed by atoms with van der Waals surface area (Å²) in [4.78, 5) is 12.8. The van der Waals surface area contributed by atoms with Gasteiger partial charge in [-0.05, 0) is 62.7 Å². The van der Waals surface area contributed by atoms with Crippen LogP contribution in [0.15, 0.2) is 62.7 Å². The first-order valence-corrected chi connectivity index (χ1v) is 14.0. The van der Waals surface area contributed by atoms with Crippen molar-refractivity contribution in [3.63, 3.8) is 0 Å². The summed E-state index contributed by atoms with van der Waals surface area (Å²) < 4.78 is 56.9. The van der Waals surface area contributed by atoms with Crippen LogP contribution in [0, 0.1) is 0 Å². The van der Waals surface area contributed by atoms with Gasteiger partial charge in [0, 0.05) is 24.7 Å². The quantitative estimate of drug-likeness (QED) is 0.428. The molecule has 0 aliphatic rings. The maximum absolute atomic E-state index is 12.6. The lowest BCUT2D eigenvalue weighted by atomic mass is 10.2. The van der Waals surface area contributed by atoms with Gasteiger partial charge in [-0.25, -0.2) is 21.1 Å². The number of amides is 1. The summed E-state index contributed by atoms with van der Waals surface area (Å²) in [5, 5.41) is 9.55. The zero-order chi connectivity index (χ0) is 25.8. The minimum absolute atomic E-state index is 0.0395. The highest BCUT2D eigenvalue weighted by molar-refractivity contribution is 7.92. The standard InChI is InChI=1S/C23H28N4O6S2/c1-5-6-14-27(4)35(31,32)19-12-10-17(11-13-19)21(28)24-23-26-25-22(33-23)18-8-7-9-20(15-18)34(29,30)16(2)3/h7-13,15-16H,5-6,14H2,1-4H3,(H,24,26,28). The number of sulfone groups is 1. The van der Waals surface area contributed by atoms with Gasteiger partial charge >= 0.3 is 6.01 Å². The first-order chi connectivity index (χ1) is 16.5. The second kappa shape index (κ2) is 10.7. The number of carbonyl (C=O) groups is 1. The number of hydrogen-bond donors (Lipinski definition) is 1. The number of rotatable bonds is 10. The van der Waals surface area contributed by atoms with E-state index in [2.05, 4.69) is 15.5 Å². The number of nitrogens with one attached hydrogen (secondary N) is 1. The summed E-state index contributed by atoms with van der Waals surface area (Å²) in [5.74, 6) is -0.530. The minimum Gasteiger partial charge on any atom is -0.403 e. The van der Waals surface area contributed by atoms with Crippen LogP contribution in [-0.4, -0.2) is 56.1 Å². The summed E-state index contributed by atoms with van der Waals surface area (Å²) in [6.45, 7) is 5.57. The maximum atomic E-state index is 12.6. The van der Waals surface area contributed by atoms with Gasteiger partial charge in [-0.1, -0.05) is 24.5 Å². The first-order valence-electron chi connectivity index (χ1n) is 11.0. The van der Waals surface area contributed by atoms with Crippen LogP contribution in [-0.2, 0) is 19.9 Å². The van der Waals surface area contributed by atoms with Gasteiger partial charge in [0.25, 0.3) is 5.91 Å². The Kier molecular flexibility index (Phi) is 8.08. The van der Waals surface area contributed by atoms with E-state index >= 15 is 0 Å². The van der Waals surface area contributed by atoms with Crippen molar-refractivity contribution >= 4 is 31.8 Å². The lowest BCUT2D eigenvalue weighted by Gasteiger charge is -2.16. The SMILES string of the molecule is CCCCN(C)S(=O)(=O)c1ccc(C(=O)Nc2nnc(-c3cccc(S(=O)(=O)C(C)C)c3)o2)cc1. The fourth-order valence-electron chi connectivity index (χ4n) is 3.10. The van der Waals surface area contributed by atoms with Crippen molar-refractivity contribution in [1.82, 2.24) is 14.5 Å². The second-order valence-electron chi connectivity index (χ2n) is 8.19. The van der Waals surface area contributed by atoms with E-state index in [4.69, 9.17) is 4.42 Å². The number of benzene rings is 2. The van der Waals surface area contributed by atoms with Crippen LogP contribution in [0.2, 0.25) is 0 Å². The number of anilines is 1. The first kappa shape index (κ1) is 26.5. The molecule has 0 atom stereocenters. The third kappa shape index (κ3) is 5.95. The normalized spacial score (nSPS) is 12.3. The van der Waals surface area contributed by atoms with Crippen LogP contribution in [0.3, 0.4) is 0 Å². The topological polar surface area (TPSA) is 140 Å². The van der Waals surface area contributed by atoms with Gasteiger partial charge in [-0.3, -0.25) is 10.1 Å². The molecule has 2 aromatic carbocycles. The molecular weight excluding hydrogens is 492 g/mol. The smallest absolute Gasteiger partial charge is 0.322 e. The Hall–Kier alpha value is -3.09. The predicted molar refractivity (Wildman–Crippen MR) is 131 cm³/mol. The Morgan fingerprint density at radius 2 is 1.71 bits per heavy atom. The van der Waals surface area contributed by atoms with E-state index < -0.39 is 31.0 Å². The number of nitrogens with zero attached hydrogens (tertiary/aromatic N) is 3. The maximum Gasteiger partial charge on any atom is 0.322 e. The van der Waals surface area contributed by atoms with Crippen molar-refractivity contribution in [3.8, 4) is 11.5 Å². The highest BCUT2D eigenvalue weighted by Crippen LogP contribution is 2.25. The van der Waals surface area contributed by atoms with E-state index in [1.807, 2.05) is 6.92 Å². The van der Waals surface area contributed by atoms with Gasteiger partial charge < -0.3 is 4.42 Å². The molecule has 0 spiro atoms. The summed E-state index contributed by atoms with van der Waals surface area (Å²) >= 11 is 0. The largest absolute Gasteiger partial charge is 0.403 e. The molecule has 0 bridgehead atoms. The lowest BCUT2D eigenvalue weighted by molar-refractivity contribution is 0.102. The summed E-state index contributed by atoms with van der Waals surface area (Å²) in [6, 6.07) is 11.5. The molecule has 0 saturated carbocycles. The molecule has 3 rings (SSSR count). The molecule has 188 valence electrons. The zero-order valence-corrected chi connectivity index (χ0v) is 21.6. The highest BCUT2D eigenvalue weighted by atomic mass is 32.2. The van der Waals surface area contributed by atoms with Crippen molar-refractivity contribution in [2.24, 2.45) is 0 Å². The van der Waals surface area contributed by atoms with Crippen LogP contribution in [0.25, 0.3) is 11.5 Å². The molecule has 0 fully saturated rings. The number of carbonyl (C=O) groups excluding carboxylic acids is 1. The molecule has 3 aromatic rings. The summed E-state index contributed by atoms with van der Waals surface area (Å²) in [6.07, 6.45) is 1.62. The molecule has 10 nitrogen and oxygen atoms in total. The third-order valence-electron chi connectivity index (χ3n) is 5.33. The van der Waals surface area contributed by atoms with Crippen molar-refractivity contribution in [2.75, 3.05) is 18.9 Å². The van der Waals surface area contributed by atoms with E-state index in [0.29, 0.717) is 12.1 Å². The van der Waals surface area contributed by atoms with Crippen LogP contribution in [0.4, 0.5) is 6.01 Å². The van der Waals surface area contributed by atoms with Gasteiger partial charge in [0.15, 0.2) is 9.84 Å². The van der Waals surface area contributed by atoms with Gasteiger partial charge in [0.2, 0.25) is 15.9 Å². The monoisotopic (exact) mass is 520 g/mol. The number of unbranched alkanes of at least 4 members (excludes halogenated alkanes) is 1. The molecule has 35 heavy (non-hydrogen) atoms. The molecule has 1 heterocycles. The van der Waals surface area contributed by atoms with E-state index in [0.717, 1.165) is 12.8 Å². The number of hydrogen-bond acceptors (Lipinski definition) is 8. The van der Waals surface area contributed by atoms with E-state index in [9.17, 15) is 21.6 Å². The average Bonchev–Trinajstić information content (AvgIpc) is 3.31. The van der Waals surface area contributed by atoms with Crippen LogP contribution in [0.1, 0.15) is 44.0 Å². The zero-order valence-electron chi connectivity index (χ0n) is 19.9. The van der Waals surface area contributed by atoms with Gasteiger partial charge in [0.1, 0.15) is 0 Å². The fourth-order valence-corrected chi connectivity index (χ4v) is 5.41. The van der Waals surface area contributed by atoms with Crippen molar-refractivity contribution in [3.05, 3.63) is 54.1 Å². The molecule has 12 heteroatoms. The molecular formula is C23H28N4O6S2. The molecule has 0 aliphatic carbocycles. The Morgan fingerprint density at radius 1 is 1.03 bits per heavy atom. The predicted octanol–water partition coefficient (Wildman–Crippen LogP) is 3.59. The second-order valence-corrected chi connectivity index (χ2v) is 12.7. The Bertz CT molecular complexity index is 1400. The van der Waals surface area contributed by atoms with E-state index in [-0.39, 0.29) is 27.3 Å². The van der Waals surface area contributed by atoms with Crippen LogP contribution in [0.5, 0.6) is 0 Å². The Labute approximate surface area is 205 Å². The Morgan fingerprint density at radius 3 is 2.34 bits per heavy atom. The number of sulfonamides is 1. The van der Waals surface area contributed by atoms with Crippen molar-refractivity contribution < 1.29 is 26.0 Å². The van der Waals surface area contributed by atoms with Crippen LogP contribution < -0.4 is 5.32 Å². The summed E-state index contributed by atoms with van der Waals surface area (Å²) in [5.41, 5.74) is 0.589. The molecule has 0 aliphatic heterocycles. The molecule has 0 saturated heterocycles. The lowest BCUT2D eigenvalue weighted by Crippen LogP contribution is -2.28. The van der Waals surface area contributed by atoms with Crippen LogP contribution >= 0.6 is 0 Å². The van der Waals surface area contributed by atoms with Crippen molar-refractivity contribution in [2.45, 2.75) is 48.7 Å². The summed E-state index contributed by atoms with van der Waals surface area (Å²) in [7, 11) is -5.61.